The Bertz CT molecular complexity index is 1170. The molecule has 0 atom stereocenters. The largest absolute Gasteiger partial charge is 0.497 e. The summed E-state index contributed by atoms with van der Waals surface area (Å²) < 4.78 is 5.24. The number of para-hydroxylation sites is 1. The highest BCUT2D eigenvalue weighted by Gasteiger charge is 2.20. The molecule has 4 aromatic rings. The van der Waals surface area contributed by atoms with Gasteiger partial charge in [0.25, 0.3) is 5.91 Å². The van der Waals surface area contributed by atoms with Crippen molar-refractivity contribution in [1.29, 1.82) is 0 Å². The van der Waals surface area contributed by atoms with Gasteiger partial charge in [-0.1, -0.05) is 29.5 Å². The minimum Gasteiger partial charge on any atom is -0.497 e. The molecule has 28 heavy (non-hydrogen) atoms. The lowest BCUT2D eigenvalue weighted by molar-refractivity contribution is 0.102. The van der Waals surface area contributed by atoms with Crippen molar-refractivity contribution in [2.45, 2.75) is 13.8 Å². The van der Waals surface area contributed by atoms with Crippen molar-refractivity contribution in [2.24, 2.45) is 0 Å². The number of pyridine rings is 1. The summed E-state index contributed by atoms with van der Waals surface area (Å²) in [5.74, 6) is 0.550. The smallest absolute Gasteiger partial charge is 0.258 e. The molecule has 0 radical (unpaired) electrons. The van der Waals surface area contributed by atoms with Crippen LogP contribution in [-0.2, 0) is 0 Å². The number of nitrogens with one attached hydrogen (secondary N) is 1. The van der Waals surface area contributed by atoms with Crippen LogP contribution in [0, 0.1) is 13.8 Å². The molecule has 0 saturated carbocycles. The van der Waals surface area contributed by atoms with Crippen LogP contribution in [0.1, 0.15) is 20.9 Å². The minimum atomic E-state index is -0.220. The molecule has 2 aromatic carbocycles. The Morgan fingerprint density at radius 3 is 2.46 bits per heavy atom. The maximum atomic E-state index is 13.1. The molecule has 0 aliphatic heterocycles. The Morgan fingerprint density at radius 2 is 1.79 bits per heavy atom. The Morgan fingerprint density at radius 1 is 1.04 bits per heavy atom. The maximum Gasteiger partial charge on any atom is 0.258 e. The van der Waals surface area contributed by atoms with Gasteiger partial charge >= 0.3 is 0 Å². The molecule has 1 amide bonds. The molecule has 2 heterocycles. The predicted octanol–water partition coefficient (Wildman–Crippen LogP) is 4.63. The van der Waals surface area contributed by atoms with E-state index in [0.717, 1.165) is 38.5 Å². The van der Waals surface area contributed by atoms with Gasteiger partial charge in [-0.25, -0.2) is 4.98 Å². The van der Waals surface area contributed by atoms with Crippen LogP contribution in [0.2, 0.25) is 0 Å². The first-order valence-corrected chi connectivity index (χ1v) is 9.53. The number of ether oxygens (including phenoxy) is 1. The van der Waals surface area contributed by atoms with E-state index in [9.17, 15) is 4.79 Å². The van der Waals surface area contributed by atoms with Crippen LogP contribution in [-0.4, -0.2) is 28.2 Å². The Kier molecular flexibility index (Phi) is 4.75. The quantitative estimate of drug-likeness (QED) is 0.550. The van der Waals surface area contributed by atoms with Gasteiger partial charge in [0.2, 0.25) is 5.13 Å². The number of aryl methyl sites for hydroxylation is 1. The summed E-state index contributed by atoms with van der Waals surface area (Å²) in [6, 6.07) is 15.3. The number of hydrogen-bond donors (Lipinski definition) is 1. The average Bonchev–Trinajstić information content (AvgIpc) is 3.12. The third-order valence-electron chi connectivity index (χ3n) is 4.47. The van der Waals surface area contributed by atoms with E-state index in [1.807, 2.05) is 62.4 Å². The molecular formula is C21H18N4O2S. The zero-order valence-corrected chi connectivity index (χ0v) is 16.5. The fraction of sp³-hybridized carbons (Fsp3) is 0.143. The summed E-state index contributed by atoms with van der Waals surface area (Å²) in [4.78, 5) is 17.9. The molecular weight excluding hydrogens is 372 g/mol. The van der Waals surface area contributed by atoms with Crippen molar-refractivity contribution >= 4 is 33.3 Å². The highest BCUT2D eigenvalue weighted by molar-refractivity contribution is 7.15. The summed E-state index contributed by atoms with van der Waals surface area (Å²) in [6.07, 6.45) is 0. The van der Waals surface area contributed by atoms with E-state index in [4.69, 9.17) is 9.72 Å². The van der Waals surface area contributed by atoms with Crippen molar-refractivity contribution < 1.29 is 9.53 Å². The van der Waals surface area contributed by atoms with E-state index in [0.29, 0.717) is 10.7 Å². The van der Waals surface area contributed by atoms with Gasteiger partial charge in [0.05, 0.1) is 23.9 Å². The van der Waals surface area contributed by atoms with Crippen LogP contribution in [0.25, 0.3) is 22.2 Å². The van der Waals surface area contributed by atoms with E-state index in [1.54, 1.807) is 7.11 Å². The molecule has 0 spiro atoms. The normalized spacial score (nSPS) is 10.8. The number of nitrogens with zero attached hydrogens (tertiary/aromatic N) is 3. The summed E-state index contributed by atoms with van der Waals surface area (Å²) in [5, 5.41) is 12.9. The first-order chi connectivity index (χ1) is 13.6. The Labute approximate surface area is 166 Å². The van der Waals surface area contributed by atoms with E-state index in [2.05, 4.69) is 15.5 Å². The molecule has 0 saturated heterocycles. The summed E-state index contributed by atoms with van der Waals surface area (Å²) >= 11 is 1.34. The molecule has 0 bridgehead atoms. The molecule has 0 unspecified atom stereocenters. The molecule has 1 N–H and O–H groups in total. The van der Waals surface area contributed by atoms with Crippen molar-refractivity contribution in [1.82, 2.24) is 15.2 Å². The fourth-order valence-corrected chi connectivity index (χ4v) is 3.72. The number of hydrogen-bond acceptors (Lipinski definition) is 6. The molecule has 0 fully saturated rings. The summed E-state index contributed by atoms with van der Waals surface area (Å²) in [7, 11) is 1.63. The molecule has 0 aliphatic rings. The second kappa shape index (κ2) is 7.36. The number of carbonyl (C=O) groups excluding carboxylic acids is 1. The zero-order valence-electron chi connectivity index (χ0n) is 15.7. The van der Waals surface area contributed by atoms with Crippen molar-refractivity contribution in [3.05, 3.63) is 64.7 Å². The van der Waals surface area contributed by atoms with Crippen LogP contribution in [0.5, 0.6) is 5.75 Å². The monoisotopic (exact) mass is 390 g/mol. The van der Waals surface area contributed by atoms with E-state index < -0.39 is 0 Å². The predicted molar refractivity (Wildman–Crippen MR) is 111 cm³/mol. The second-order valence-electron chi connectivity index (χ2n) is 6.29. The van der Waals surface area contributed by atoms with Crippen molar-refractivity contribution in [3.63, 3.8) is 0 Å². The lowest BCUT2D eigenvalue weighted by atomic mass is 9.97. The van der Waals surface area contributed by atoms with Gasteiger partial charge in [-0.15, -0.1) is 10.2 Å². The Balaban J connectivity index is 1.86. The van der Waals surface area contributed by atoms with E-state index >= 15 is 0 Å². The number of amides is 1. The third kappa shape index (κ3) is 3.32. The first kappa shape index (κ1) is 18.1. The first-order valence-electron chi connectivity index (χ1n) is 8.72. The minimum absolute atomic E-state index is 0.220. The van der Waals surface area contributed by atoms with Gasteiger partial charge in [-0.3, -0.25) is 10.1 Å². The number of anilines is 1. The van der Waals surface area contributed by atoms with E-state index in [1.165, 1.54) is 11.3 Å². The molecule has 0 aliphatic carbocycles. The highest BCUT2D eigenvalue weighted by Crippen LogP contribution is 2.31. The van der Waals surface area contributed by atoms with Crippen molar-refractivity contribution in [3.8, 4) is 17.0 Å². The molecule has 7 heteroatoms. The molecule has 140 valence electrons. The number of rotatable bonds is 4. The average molecular weight is 390 g/mol. The SMILES string of the molecule is COc1ccc(-c2nc3ccccc3c(C(=O)Nc3nnc(C)s3)c2C)cc1. The van der Waals surface area contributed by atoms with Gasteiger partial charge in [-0.05, 0) is 49.7 Å². The zero-order chi connectivity index (χ0) is 19.7. The van der Waals surface area contributed by atoms with Crippen molar-refractivity contribution in [2.75, 3.05) is 12.4 Å². The third-order valence-corrected chi connectivity index (χ3v) is 5.23. The van der Waals surface area contributed by atoms with Crippen LogP contribution in [0.4, 0.5) is 5.13 Å². The van der Waals surface area contributed by atoms with Gasteiger partial charge in [0.15, 0.2) is 0 Å². The van der Waals surface area contributed by atoms with Crippen LogP contribution in [0.15, 0.2) is 48.5 Å². The van der Waals surface area contributed by atoms with E-state index in [-0.39, 0.29) is 5.91 Å². The number of carbonyl (C=O) groups is 1. The maximum absolute atomic E-state index is 13.1. The second-order valence-corrected chi connectivity index (χ2v) is 7.47. The molecule has 4 rings (SSSR count). The lowest BCUT2D eigenvalue weighted by Gasteiger charge is -2.14. The van der Waals surface area contributed by atoms with Gasteiger partial charge in [-0.2, -0.15) is 0 Å². The standard InChI is InChI=1S/C21H18N4O2S/c1-12-18(20(26)23-21-25-24-13(2)28-21)16-6-4-5-7-17(16)22-19(12)14-8-10-15(27-3)11-9-14/h4-11H,1-3H3,(H,23,25,26). The highest BCUT2D eigenvalue weighted by atomic mass is 32.1. The number of benzene rings is 2. The lowest BCUT2D eigenvalue weighted by Crippen LogP contribution is -2.15. The van der Waals surface area contributed by atoms with Gasteiger partial charge in [0, 0.05) is 10.9 Å². The fourth-order valence-electron chi connectivity index (χ4n) is 3.14. The number of fused-ring (bicyclic) bond motifs is 1. The van der Waals surface area contributed by atoms with Gasteiger partial charge in [0.1, 0.15) is 10.8 Å². The van der Waals surface area contributed by atoms with Crippen LogP contribution < -0.4 is 10.1 Å². The van der Waals surface area contributed by atoms with Crippen LogP contribution >= 0.6 is 11.3 Å². The van der Waals surface area contributed by atoms with Gasteiger partial charge < -0.3 is 4.74 Å². The topological polar surface area (TPSA) is 77.0 Å². The summed E-state index contributed by atoms with van der Waals surface area (Å²) in [6.45, 7) is 3.77. The molecule has 2 aromatic heterocycles. The number of methoxy groups -OCH3 is 1. The summed E-state index contributed by atoms with van der Waals surface area (Å²) in [5.41, 5.74) is 3.84. The Hall–Kier alpha value is -3.32. The number of aromatic nitrogens is 3. The molecule has 6 nitrogen and oxygen atoms in total. The van der Waals surface area contributed by atoms with Crippen LogP contribution in [0.3, 0.4) is 0 Å².